The van der Waals surface area contributed by atoms with Crippen LogP contribution in [0.2, 0.25) is 0 Å². The van der Waals surface area contributed by atoms with Crippen LogP contribution < -0.4 is 0 Å². The van der Waals surface area contributed by atoms with Gasteiger partial charge in [-0.2, -0.15) is 0 Å². The number of aliphatic hydroxyl groups is 2. The van der Waals surface area contributed by atoms with Gasteiger partial charge < -0.3 is 10.2 Å². The SMILES string of the molecule is [C-]#[N+]/C(C)=C1/CC[C@H]2[C@@H]3CCC4=C[C@](C)(O)CC[C@]4(C)[C@H]3[C@@H](CO)C[C@]12C. The molecule has 7 atom stereocenters. The Labute approximate surface area is 164 Å². The number of hydrogen-bond donors (Lipinski definition) is 2. The van der Waals surface area contributed by atoms with Crippen LogP contribution in [0.3, 0.4) is 0 Å². The lowest BCUT2D eigenvalue weighted by Gasteiger charge is -2.61. The highest BCUT2D eigenvalue weighted by molar-refractivity contribution is 5.34. The van der Waals surface area contributed by atoms with Gasteiger partial charge in [0.25, 0.3) is 0 Å². The first-order valence-corrected chi connectivity index (χ1v) is 10.8. The Morgan fingerprint density at radius 2 is 1.93 bits per heavy atom. The van der Waals surface area contributed by atoms with Crippen LogP contribution >= 0.6 is 0 Å². The van der Waals surface area contributed by atoms with Gasteiger partial charge in [0.05, 0.1) is 12.2 Å². The summed E-state index contributed by atoms with van der Waals surface area (Å²) in [5, 5.41) is 21.0. The van der Waals surface area contributed by atoms with Crippen molar-refractivity contribution >= 4 is 0 Å². The highest BCUT2D eigenvalue weighted by atomic mass is 16.3. The van der Waals surface area contributed by atoms with Gasteiger partial charge >= 0.3 is 0 Å². The van der Waals surface area contributed by atoms with E-state index < -0.39 is 5.60 Å². The third-order valence-corrected chi connectivity index (χ3v) is 9.08. The maximum Gasteiger partial charge on any atom is 0.162 e. The molecule has 0 unspecified atom stereocenters. The number of allylic oxidation sites excluding steroid dienone is 3. The van der Waals surface area contributed by atoms with E-state index in [2.05, 4.69) is 24.8 Å². The van der Waals surface area contributed by atoms with E-state index in [1.54, 1.807) is 0 Å². The maximum absolute atomic E-state index is 10.6. The average Bonchev–Trinajstić information content (AvgIpc) is 2.97. The summed E-state index contributed by atoms with van der Waals surface area (Å²) in [4.78, 5) is 3.79. The molecule has 4 aliphatic rings. The Bertz CT molecular complexity index is 742. The minimum atomic E-state index is -0.671. The molecule has 0 aliphatic heterocycles. The van der Waals surface area contributed by atoms with Gasteiger partial charge in [0.15, 0.2) is 5.70 Å². The van der Waals surface area contributed by atoms with Crippen molar-refractivity contribution in [3.05, 3.63) is 34.3 Å². The molecule has 148 valence electrons. The molecule has 3 fully saturated rings. The molecule has 0 aromatic carbocycles. The third-order valence-electron chi connectivity index (χ3n) is 9.08. The van der Waals surface area contributed by atoms with Crippen molar-refractivity contribution in [2.45, 2.75) is 78.2 Å². The Morgan fingerprint density at radius 3 is 2.59 bits per heavy atom. The normalized spacial score (nSPS) is 50.8. The smallest absolute Gasteiger partial charge is 0.162 e. The molecule has 0 spiro atoms. The number of rotatable bonds is 1. The molecule has 0 aromatic rings. The van der Waals surface area contributed by atoms with Gasteiger partial charge in [-0.05, 0) is 93.3 Å². The predicted molar refractivity (Wildman–Crippen MR) is 108 cm³/mol. The minimum Gasteiger partial charge on any atom is -0.396 e. The number of hydrogen-bond acceptors (Lipinski definition) is 2. The van der Waals surface area contributed by atoms with Crippen molar-refractivity contribution in [1.82, 2.24) is 0 Å². The van der Waals surface area contributed by atoms with E-state index in [1.165, 1.54) is 24.0 Å². The molecule has 0 bridgehead atoms. The lowest BCUT2D eigenvalue weighted by Crippen LogP contribution is -2.55. The van der Waals surface area contributed by atoms with E-state index in [1.807, 2.05) is 13.8 Å². The second kappa shape index (κ2) is 6.19. The van der Waals surface area contributed by atoms with Crippen molar-refractivity contribution in [1.29, 1.82) is 0 Å². The molecule has 0 saturated heterocycles. The molecule has 27 heavy (non-hydrogen) atoms. The summed E-state index contributed by atoms with van der Waals surface area (Å²) in [7, 11) is 0. The van der Waals surface area contributed by atoms with Crippen LogP contribution in [0.15, 0.2) is 22.9 Å². The van der Waals surface area contributed by atoms with Gasteiger partial charge in [-0.25, -0.2) is 4.85 Å². The van der Waals surface area contributed by atoms with Crippen molar-refractivity contribution < 1.29 is 10.2 Å². The number of nitrogens with zero attached hydrogens (tertiary/aromatic N) is 1. The van der Waals surface area contributed by atoms with Gasteiger partial charge in [-0.3, -0.25) is 0 Å². The molecule has 0 aromatic heterocycles. The van der Waals surface area contributed by atoms with E-state index >= 15 is 0 Å². The number of aliphatic hydroxyl groups excluding tert-OH is 1. The largest absolute Gasteiger partial charge is 0.396 e. The van der Waals surface area contributed by atoms with Crippen molar-refractivity contribution in [2.75, 3.05) is 6.61 Å². The molecule has 4 rings (SSSR count). The lowest BCUT2D eigenvalue weighted by atomic mass is 9.44. The summed E-state index contributed by atoms with van der Waals surface area (Å²) >= 11 is 0. The monoisotopic (exact) mass is 369 g/mol. The molecule has 0 amide bonds. The van der Waals surface area contributed by atoms with Gasteiger partial charge in [0, 0.05) is 6.61 Å². The molecule has 3 saturated carbocycles. The van der Waals surface area contributed by atoms with E-state index in [0.717, 1.165) is 37.8 Å². The molecule has 3 nitrogen and oxygen atoms in total. The van der Waals surface area contributed by atoms with Crippen molar-refractivity contribution in [2.24, 2.45) is 34.5 Å². The Balaban J connectivity index is 1.77. The first-order chi connectivity index (χ1) is 12.7. The minimum absolute atomic E-state index is 0.0843. The second-order valence-corrected chi connectivity index (χ2v) is 10.6. The fraction of sp³-hybridized carbons (Fsp3) is 0.792. The summed E-state index contributed by atoms with van der Waals surface area (Å²) < 4.78 is 0. The van der Waals surface area contributed by atoms with Crippen LogP contribution in [0.4, 0.5) is 0 Å². The van der Waals surface area contributed by atoms with Gasteiger partial charge in [-0.1, -0.05) is 31.1 Å². The summed E-state index contributed by atoms with van der Waals surface area (Å²) in [5.41, 5.74) is 3.23. The quantitative estimate of drug-likeness (QED) is 0.498. The topological polar surface area (TPSA) is 44.8 Å². The van der Waals surface area contributed by atoms with Crippen LogP contribution in [-0.4, -0.2) is 22.4 Å². The highest BCUT2D eigenvalue weighted by Gasteiger charge is 2.61. The Morgan fingerprint density at radius 1 is 1.19 bits per heavy atom. The van der Waals surface area contributed by atoms with Crippen LogP contribution in [0.5, 0.6) is 0 Å². The molecule has 3 heteroatoms. The Kier molecular flexibility index (Phi) is 4.41. The zero-order valence-electron chi connectivity index (χ0n) is 17.4. The predicted octanol–water partition coefficient (Wildman–Crippen LogP) is 5.11. The van der Waals surface area contributed by atoms with Crippen LogP contribution in [0.25, 0.3) is 4.85 Å². The van der Waals surface area contributed by atoms with Crippen LogP contribution in [-0.2, 0) is 0 Å². The molecule has 2 N–H and O–H groups in total. The molecule has 0 heterocycles. The lowest BCUT2D eigenvalue weighted by molar-refractivity contribution is -0.0909. The highest BCUT2D eigenvalue weighted by Crippen LogP contribution is 2.68. The zero-order chi connectivity index (χ0) is 19.6. The molecule has 0 radical (unpaired) electrons. The molecular formula is C24H35NO2. The fourth-order valence-electron chi connectivity index (χ4n) is 7.92. The van der Waals surface area contributed by atoms with E-state index in [4.69, 9.17) is 6.57 Å². The van der Waals surface area contributed by atoms with Crippen LogP contribution in [0.1, 0.15) is 72.6 Å². The first-order valence-electron chi connectivity index (χ1n) is 10.8. The summed E-state index contributed by atoms with van der Waals surface area (Å²) in [5.74, 6) is 2.06. The standard InChI is InChI=1S/C24H35NO2/c1-15(25-5)19-8-9-20-18-7-6-17-13-22(2,27)10-11-23(17,3)21(18)16(14-26)12-24(19,20)4/h13,16,18,20-21,26-27H,6-12,14H2,1-4H3/b19-15-/t16-,18+,20+,21+,22-,23+,24-/m1/s1. The van der Waals surface area contributed by atoms with Gasteiger partial charge in [-0.15, -0.1) is 0 Å². The van der Waals surface area contributed by atoms with E-state index in [-0.39, 0.29) is 17.4 Å². The molecular weight excluding hydrogens is 334 g/mol. The maximum atomic E-state index is 10.6. The zero-order valence-corrected chi connectivity index (χ0v) is 17.4. The molecule has 4 aliphatic carbocycles. The van der Waals surface area contributed by atoms with E-state index in [9.17, 15) is 10.2 Å². The fourth-order valence-corrected chi connectivity index (χ4v) is 7.92. The second-order valence-electron chi connectivity index (χ2n) is 10.6. The van der Waals surface area contributed by atoms with E-state index in [0.29, 0.717) is 23.7 Å². The average molecular weight is 370 g/mol. The first kappa shape index (κ1) is 19.2. The summed E-state index contributed by atoms with van der Waals surface area (Å²) in [6.07, 6.45) is 9.52. The third kappa shape index (κ3) is 2.67. The van der Waals surface area contributed by atoms with Crippen molar-refractivity contribution in [3.8, 4) is 0 Å². The van der Waals surface area contributed by atoms with Crippen LogP contribution in [0, 0.1) is 41.1 Å². The summed E-state index contributed by atoms with van der Waals surface area (Å²) in [6.45, 7) is 16.5. The van der Waals surface area contributed by atoms with Gasteiger partial charge in [0.2, 0.25) is 0 Å². The van der Waals surface area contributed by atoms with Gasteiger partial charge in [0.1, 0.15) is 0 Å². The Hall–Kier alpha value is -1.11. The number of fused-ring (bicyclic) bond motifs is 5. The van der Waals surface area contributed by atoms with Crippen molar-refractivity contribution in [3.63, 3.8) is 0 Å². The summed E-state index contributed by atoms with van der Waals surface area (Å²) in [6, 6.07) is 0.